The first-order valence-corrected chi connectivity index (χ1v) is 10.4. The zero-order valence-electron chi connectivity index (χ0n) is 14.9. The smallest absolute Gasteiger partial charge is 0.223 e. The van der Waals surface area contributed by atoms with Gasteiger partial charge in [-0.2, -0.15) is 0 Å². The second kappa shape index (κ2) is 9.16. The number of amides is 1. The van der Waals surface area contributed by atoms with E-state index in [0.717, 1.165) is 11.1 Å². The van der Waals surface area contributed by atoms with Gasteiger partial charge >= 0.3 is 0 Å². The van der Waals surface area contributed by atoms with Crippen molar-refractivity contribution in [1.82, 2.24) is 4.72 Å². The molecule has 0 bridgehead atoms. The highest BCUT2D eigenvalue weighted by molar-refractivity contribution is 7.89. The van der Waals surface area contributed by atoms with Crippen LogP contribution in [0.5, 0.6) is 0 Å². The number of carbonyl (C=O) groups is 1. The Kier molecular flexibility index (Phi) is 7.20. The van der Waals surface area contributed by atoms with Gasteiger partial charge in [0.2, 0.25) is 15.9 Å². The van der Waals surface area contributed by atoms with Gasteiger partial charge in [0, 0.05) is 30.7 Å². The molecule has 5 nitrogen and oxygen atoms in total. The van der Waals surface area contributed by atoms with Gasteiger partial charge in [-0.25, -0.2) is 13.1 Å². The van der Waals surface area contributed by atoms with E-state index >= 15 is 0 Å². The minimum absolute atomic E-state index is 0.00722. The van der Waals surface area contributed by atoms with E-state index in [2.05, 4.69) is 4.72 Å². The number of sulfonamides is 1. The monoisotopic (exact) mass is 394 g/mol. The van der Waals surface area contributed by atoms with Gasteiger partial charge in [0.1, 0.15) is 0 Å². The van der Waals surface area contributed by atoms with Crippen molar-refractivity contribution in [3.8, 4) is 0 Å². The molecular weight excluding hydrogens is 372 g/mol. The van der Waals surface area contributed by atoms with Gasteiger partial charge in [-0.05, 0) is 36.6 Å². The number of benzene rings is 2. The number of halogens is 1. The minimum Gasteiger partial charge on any atom is -0.311 e. The Balaban J connectivity index is 1.94. The first-order chi connectivity index (χ1) is 12.3. The maximum Gasteiger partial charge on any atom is 0.223 e. The lowest BCUT2D eigenvalue weighted by Crippen LogP contribution is -2.38. The van der Waals surface area contributed by atoms with Gasteiger partial charge in [-0.1, -0.05) is 48.0 Å². The predicted molar refractivity (Wildman–Crippen MR) is 106 cm³/mol. The molecule has 26 heavy (non-hydrogen) atoms. The second-order valence-corrected chi connectivity index (χ2v) is 8.41. The Labute approximate surface area is 160 Å². The van der Waals surface area contributed by atoms with Crippen LogP contribution < -0.4 is 9.62 Å². The summed E-state index contributed by atoms with van der Waals surface area (Å²) in [6, 6.07) is 14.7. The first-order valence-electron chi connectivity index (χ1n) is 8.34. The molecule has 0 spiro atoms. The van der Waals surface area contributed by atoms with Crippen LogP contribution in [0.4, 0.5) is 5.69 Å². The van der Waals surface area contributed by atoms with Crippen molar-refractivity contribution in [2.24, 2.45) is 0 Å². The zero-order chi connectivity index (χ0) is 19.2. The molecule has 7 heteroatoms. The molecule has 0 aliphatic carbocycles. The fraction of sp³-hybridized carbons (Fsp3) is 0.316. The summed E-state index contributed by atoms with van der Waals surface area (Å²) in [6.07, 6.45) is 0.444. The quantitative estimate of drug-likeness (QED) is 0.747. The number of nitrogens with one attached hydrogen (secondary N) is 1. The topological polar surface area (TPSA) is 66.5 Å². The van der Waals surface area contributed by atoms with Crippen LogP contribution in [0.3, 0.4) is 0 Å². The predicted octanol–water partition coefficient (Wildman–Crippen LogP) is 3.16. The average molecular weight is 395 g/mol. The van der Waals surface area contributed by atoms with Crippen molar-refractivity contribution in [2.75, 3.05) is 23.7 Å². The van der Waals surface area contributed by atoms with Crippen molar-refractivity contribution >= 4 is 33.2 Å². The molecule has 0 saturated heterocycles. The third-order valence-electron chi connectivity index (χ3n) is 4.00. The number of nitrogens with zero attached hydrogens (tertiary/aromatic N) is 1. The summed E-state index contributed by atoms with van der Waals surface area (Å²) in [5, 5.41) is 0.528. The van der Waals surface area contributed by atoms with Gasteiger partial charge in [0.15, 0.2) is 0 Å². The summed E-state index contributed by atoms with van der Waals surface area (Å²) in [5.41, 5.74) is 2.56. The lowest BCUT2D eigenvalue weighted by Gasteiger charge is -2.23. The molecule has 0 fully saturated rings. The van der Waals surface area contributed by atoms with E-state index in [1.807, 2.05) is 43.3 Å². The molecule has 0 saturated carbocycles. The van der Waals surface area contributed by atoms with Gasteiger partial charge in [-0.15, -0.1) is 0 Å². The number of aryl methyl sites for hydroxylation is 2. The molecule has 0 heterocycles. The molecule has 2 aromatic rings. The van der Waals surface area contributed by atoms with Crippen molar-refractivity contribution in [3.63, 3.8) is 0 Å². The summed E-state index contributed by atoms with van der Waals surface area (Å²) < 4.78 is 26.9. The van der Waals surface area contributed by atoms with E-state index in [-0.39, 0.29) is 24.7 Å². The van der Waals surface area contributed by atoms with Gasteiger partial charge in [-0.3, -0.25) is 4.79 Å². The molecule has 0 atom stereocenters. The van der Waals surface area contributed by atoms with Crippen LogP contribution >= 0.6 is 11.6 Å². The van der Waals surface area contributed by atoms with Crippen molar-refractivity contribution in [2.45, 2.75) is 20.3 Å². The zero-order valence-corrected chi connectivity index (χ0v) is 16.5. The number of anilines is 1. The van der Waals surface area contributed by atoms with Crippen molar-refractivity contribution in [3.05, 3.63) is 64.7 Å². The van der Waals surface area contributed by atoms with E-state index in [1.54, 1.807) is 12.1 Å². The molecule has 0 aromatic heterocycles. The number of hydrogen-bond acceptors (Lipinski definition) is 3. The summed E-state index contributed by atoms with van der Waals surface area (Å²) in [5.74, 6) is -0.161. The number of hydrogen-bond donors (Lipinski definition) is 1. The lowest BCUT2D eigenvalue weighted by atomic mass is 10.2. The highest BCUT2D eigenvalue weighted by Gasteiger charge is 2.16. The highest BCUT2D eigenvalue weighted by atomic mass is 35.5. The third-order valence-corrected chi connectivity index (χ3v) is 5.62. The second-order valence-electron chi connectivity index (χ2n) is 6.05. The third kappa shape index (κ3) is 6.12. The fourth-order valence-electron chi connectivity index (χ4n) is 2.60. The molecule has 0 unspecified atom stereocenters. The van der Waals surface area contributed by atoms with Gasteiger partial charge in [0.05, 0.1) is 5.75 Å². The molecule has 1 amide bonds. The van der Waals surface area contributed by atoms with Crippen molar-refractivity contribution < 1.29 is 13.2 Å². The fourth-order valence-corrected chi connectivity index (χ4v) is 3.82. The van der Waals surface area contributed by atoms with E-state index in [1.165, 1.54) is 11.8 Å². The van der Waals surface area contributed by atoms with Crippen LogP contribution in [0.15, 0.2) is 48.5 Å². The minimum atomic E-state index is -3.42. The molecule has 2 rings (SSSR count). The molecule has 1 N–H and O–H groups in total. The lowest BCUT2D eigenvalue weighted by molar-refractivity contribution is -0.116. The molecule has 140 valence electrons. The van der Waals surface area contributed by atoms with E-state index < -0.39 is 10.0 Å². The normalized spacial score (nSPS) is 11.3. The maximum absolute atomic E-state index is 12.2. The number of rotatable bonds is 8. The molecular formula is C19H23ClN2O3S. The average Bonchev–Trinajstić information content (AvgIpc) is 2.60. The largest absolute Gasteiger partial charge is 0.311 e. The summed E-state index contributed by atoms with van der Waals surface area (Å²) in [7, 11) is -3.42. The van der Waals surface area contributed by atoms with Crippen LogP contribution in [-0.4, -0.2) is 33.2 Å². The summed E-state index contributed by atoms with van der Waals surface area (Å²) >= 11 is 6.02. The SMILES string of the molecule is CC(=O)N(CCNS(=O)(=O)CCc1ccccc1)c1cc(Cl)ccc1C. The summed E-state index contributed by atoms with van der Waals surface area (Å²) in [4.78, 5) is 13.5. The van der Waals surface area contributed by atoms with E-state index in [4.69, 9.17) is 11.6 Å². The van der Waals surface area contributed by atoms with Crippen LogP contribution in [0.2, 0.25) is 5.02 Å². The Hall–Kier alpha value is -1.89. The molecule has 2 aromatic carbocycles. The Morgan fingerprint density at radius 2 is 1.85 bits per heavy atom. The summed E-state index contributed by atoms with van der Waals surface area (Å²) in [6.45, 7) is 3.71. The van der Waals surface area contributed by atoms with Crippen LogP contribution in [0.1, 0.15) is 18.1 Å². The Morgan fingerprint density at radius 3 is 2.50 bits per heavy atom. The Morgan fingerprint density at radius 1 is 1.15 bits per heavy atom. The van der Waals surface area contributed by atoms with Crippen molar-refractivity contribution in [1.29, 1.82) is 0 Å². The van der Waals surface area contributed by atoms with E-state index in [9.17, 15) is 13.2 Å². The molecule has 0 aliphatic heterocycles. The molecule has 0 aliphatic rings. The highest BCUT2D eigenvalue weighted by Crippen LogP contribution is 2.24. The first kappa shape index (κ1) is 20.4. The van der Waals surface area contributed by atoms with Crippen LogP contribution in [-0.2, 0) is 21.2 Å². The van der Waals surface area contributed by atoms with E-state index in [0.29, 0.717) is 17.1 Å². The van der Waals surface area contributed by atoms with Crippen LogP contribution in [0, 0.1) is 6.92 Å². The Bertz CT molecular complexity index is 854. The maximum atomic E-state index is 12.2. The van der Waals surface area contributed by atoms with Gasteiger partial charge < -0.3 is 4.90 Å². The molecule has 0 radical (unpaired) electrons. The van der Waals surface area contributed by atoms with Crippen LogP contribution in [0.25, 0.3) is 0 Å². The van der Waals surface area contributed by atoms with Gasteiger partial charge in [0.25, 0.3) is 0 Å². The number of carbonyl (C=O) groups excluding carboxylic acids is 1. The standard InChI is InChI=1S/C19H23ClN2O3S/c1-15-8-9-18(20)14-19(15)22(16(2)23)12-11-21-26(24,25)13-10-17-6-4-3-5-7-17/h3-9,14,21H,10-13H2,1-2H3.